The summed E-state index contributed by atoms with van der Waals surface area (Å²) in [6.07, 6.45) is 3.70. The van der Waals surface area contributed by atoms with Gasteiger partial charge in [-0.25, -0.2) is 0 Å². The van der Waals surface area contributed by atoms with Gasteiger partial charge in [-0.1, -0.05) is 29.3 Å². The number of rotatable bonds is 3. The molecule has 0 saturated carbocycles. The standard InChI is InChI=1S/C14H14Cl2N2O2/c15-11-3-1-9(12(16)7-11)2-4-13(19)18-6-5-10(8-18)14(17)20/h1-4,7,10H,5-6,8H2,(H2,17,20)/b4-2-/t10-/m0/s1. The third kappa shape index (κ3) is 3.52. The van der Waals surface area contributed by atoms with Gasteiger partial charge in [0.25, 0.3) is 0 Å². The SMILES string of the molecule is NC(=O)[C@H]1CCN(C(=O)/C=C\c2ccc(Cl)cc2Cl)C1. The first-order valence-electron chi connectivity index (χ1n) is 6.18. The van der Waals surface area contributed by atoms with Gasteiger partial charge in [0.1, 0.15) is 0 Å². The van der Waals surface area contributed by atoms with Gasteiger partial charge < -0.3 is 10.6 Å². The van der Waals surface area contributed by atoms with Gasteiger partial charge in [0.05, 0.1) is 5.92 Å². The van der Waals surface area contributed by atoms with E-state index in [9.17, 15) is 9.59 Å². The average molecular weight is 313 g/mol. The maximum Gasteiger partial charge on any atom is 0.246 e. The number of carbonyl (C=O) groups excluding carboxylic acids is 2. The number of hydrogen-bond acceptors (Lipinski definition) is 2. The van der Waals surface area contributed by atoms with Gasteiger partial charge in [-0.05, 0) is 30.2 Å². The molecule has 4 nitrogen and oxygen atoms in total. The predicted octanol–water partition coefficient (Wildman–Crippen LogP) is 2.34. The molecule has 20 heavy (non-hydrogen) atoms. The Balaban J connectivity index is 2.01. The molecule has 1 atom stereocenters. The van der Waals surface area contributed by atoms with E-state index in [0.29, 0.717) is 29.6 Å². The lowest BCUT2D eigenvalue weighted by molar-refractivity contribution is -0.125. The molecule has 0 aliphatic carbocycles. The van der Waals surface area contributed by atoms with Crippen LogP contribution in [0.15, 0.2) is 24.3 Å². The zero-order valence-corrected chi connectivity index (χ0v) is 12.2. The van der Waals surface area contributed by atoms with Crippen LogP contribution in [0.3, 0.4) is 0 Å². The first kappa shape index (κ1) is 14.9. The third-order valence-electron chi connectivity index (χ3n) is 3.27. The van der Waals surface area contributed by atoms with Crippen LogP contribution in [0.4, 0.5) is 0 Å². The molecule has 2 N–H and O–H groups in total. The van der Waals surface area contributed by atoms with Crippen molar-refractivity contribution in [1.29, 1.82) is 0 Å². The molecule has 6 heteroatoms. The zero-order valence-electron chi connectivity index (χ0n) is 10.7. The van der Waals surface area contributed by atoms with E-state index in [2.05, 4.69) is 0 Å². The summed E-state index contributed by atoms with van der Waals surface area (Å²) in [7, 11) is 0. The van der Waals surface area contributed by atoms with Crippen LogP contribution in [0.5, 0.6) is 0 Å². The highest BCUT2D eigenvalue weighted by Gasteiger charge is 2.28. The molecule has 0 spiro atoms. The molecule has 1 fully saturated rings. The van der Waals surface area contributed by atoms with E-state index < -0.39 is 0 Å². The number of hydrogen-bond donors (Lipinski definition) is 1. The fourth-order valence-corrected chi connectivity index (χ4v) is 2.57. The molecule has 0 aromatic heterocycles. The van der Waals surface area contributed by atoms with Crippen LogP contribution >= 0.6 is 23.2 Å². The topological polar surface area (TPSA) is 63.4 Å². The second-order valence-corrected chi connectivity index (χ2v) is 5.52. The van der Waals surface area contributed by atoms with Crippen LogP contribution in [0.2, 0.25) is 10.0 Å². The summed E-state index contributed by atoms with van der Waals surface area (Å²) in [5.74, 6) is -0.753. The summed E-state index contributed by atoms with van der Waals surface area (Å²) in [5, 5.41) is 1.03. The molecule has 0 radical (unpaired) electrons. The van der Waals surface area contributed by atoms with E-state index in [1.165, 1.54) is 6.08 Å². The summed E-state index contributed by atoms with van der Waals surface area (Å²) < 4.78 is 0. The molecule has 0 bridgehead atoms. The van der Waals surface area contributed by atoms with Gasteiger partial charge in [-0.15, -0.1) is 0 Å². The van der Waals surface area contributed by atoms with Gasteiger partial charge in [0.2, 0.25) is 11.8 Å². The number of amides is 2. The van der Waals surface area contributed by atoms with Crippen molar-refractivity contribution in [1.82, 2.24) is 4.90 Å². The van der Waals surface area contributed by atoms with Crippen molar-refractivity contribution in [2.45, 2.75) is 6.42 Å². The Bertz CT molecular complexity index is 572. The van der Waals surface area contributed by atoms with Crippen LogP contribution in [-0.4, -0.2) is 29.8 Å². The molecule has 0 unspecified atom stereocenters. The third-order valence-corrected chi connectivity index (χ3v) is 3.83. The Morgan fingerprint density at radius 2 is 2.10 bits per heavy atom. The quantitative estimate of drug-likeness (QED) is 0.871. The van der Waals surface area contributed by atoms with Crippen molar-refractivity contribution in [2.24, 2.45) is 11.7 Å². The minimum Gasteiger partial charge on any atom is -0.369 e. The van der Waals surface area contributed by atoms with E-state index in [1.54, 1.807) is 29.2 Å². The number of nitrogens with two attached hydrogens (primary N) is 1. The van der Waals surface area contributed by atoms with Gasteiger partial charge in [0.15, 0.2) is 0 Å². The van der Waals surface area contributed by atoms with Crippen molar-refractivity contribution in [2.75, 3.05) is 13.1 Å². The lowest BCUT2D eigenvalue weighted by atomic mass is 10.1. The van der Waals surface area contributed by atoms with Gasteiger partial charge >= 0.3 is 0 Å². The van der Waals surface area contributed by atoms with Crippen LogP contribution in [0.1, 0.15) is 12.0 Å². The average Bonchev–Trinajstić information content (AvgIpc) is 2.87. The first-order chi connectivity index (χ1) is 9.47. The monoisotopic (exact) mass is 312 g/mol. The highest BCUT2D eigenvalue weighted by Crippen LogP contribution is 2.22. The minimum absolute atomic E-state index is 0.153. The number of carbonyl (C=O) groups is 2. The summed E-state index contributed by atoms with van der Waals surface area (Å²) in [6.45, 7) is 0.929. The molecular formula is C14H14Cl2N2O2. The van der Waals surface area contributed by atoms with E-state index >= 15 is 0 Å². The van der Waals surface area contributed by atoms with Gasteiger partial charge in [-0.3, -0.25) is 9.59 Å². The fourth-order valence-electron chi connectivity index (χ4n) is 2.10. The smallest absolute Gasteiger partial charge is 0.246 e. The van der Waals surface area contributed by atoms with Crippen LogP contribution in [0.25, 0.3) is 6.08 Å². The highest BCUT2D eigenvalue weighted by molar-refractivity contribution is 6.35. The first-order valence-corrected chi connectivity index (χ1v) is 6.94. The van der Waals surface area contributed by atoms with E-state index in [-0.39, 0.29) is 17.7 Å². The van der Waals surface area contributed by atoms with Crippen molar-refractivity contribution < 1.29 is 9.59 Å². The van der Waals surface area contributed by atoms with Crippen LogP contribution in [-0.2, 0) is 9.59 Å². The normalized spacial score (nSPS) is 18.7. The number of benzene rings is 1. The molecule has 1 saturated heterocycles. The molecule has 1 aliphatic heterocycles. The highest BCUT2D eigenvalue weighted by atomic mass is 35.5. The molecule has 2 amide bonds. The molecule has 1 aromatic carbocycles. The number of likely N-dealkylation sites (tertiary alicyclic amines) is 1. The molecule has 1 aliphatic rings. The summed E-state index contributed by atoms with van der Waals surface area (Å²) in [5.41, 5.74) is 5.95. The van der Waals surface area contributed by atoms with Crippen molar-refractivity contribution >= 4 is 41.1 Å². The second-order valence-electron chi connectivity index (χ2n) is 4.67. The van der Waals surface area contributed by atoms with Crippen molar-refractivity contribution in [3.05, 3.63) is 39.9 Å². The molecule has 1 aromatic rings. The Hall–Kier alpha value is -1.52. The predicted molar refractivity (Wildman–Crippen MR) is 79.4 cm³/mol. The van der Waals surface area contributed by atoms with Crippen LogP contribution < -0.4 is 5.73 Å². The maximum atomic E-state index is 12.0. The largest absolute Gasteiger partial charge is 0.369 e. The van der Waals surface area contributed by atoms with E-state index in [4.69, 9.17) is 28.9 Å². The molecule has 2 rings (SSSR count). The molecular weight excluding hydrogens is 299 g/mol. The van der Waals surface area contributed by atoms with Gasteiger partial charge in [0, 0.05) is 29.2 Å². The number of nitrogens with zero attached hydrogens (tertiary/aromatic N) is 1. The summed E-state index contributed by atoms with van der Waals surface area (Å²) in [6, 6.07) is 5.06. The summed E-state index contributed by atoms with van der Waals surface area (Å²) in [4.78, 5) is 24.7. The fraction of sp³-hybridized carbons (Fsp3) is 0.286. The van der Waals surface area contributed by atoms with Crippen molar-refractivity contribution in [3.8, 4) is 0 Å². The lowest BCUT2D eigenvalue weighted by Crippen LogP contribution is -2.30. The van der Waals surface area contributed by atoms with Gasteiger partial charge in [-0.2, -0.15) is 0 Å². The second kappa shape index (κ2) is 6.29. The van der Waals surface area contributed by atoms with Crippen LogP contribution in [0, 0.1) is 5.92 Å². The van der Waals surface area contributed by atoms with E-state index in [1.807, 2.05) is 0 Å². The Labute approximate surface area is 127 Å². The summed E-state index contributed by atoms with van der Waals surface area (Å²) >= 11 is 11.8. The molecule has 106 valence electrons. The Morgan fingerprint density at radius 1 is 1.35 bits per heavy atom. The number of primary amides is 1. The van der Waals surface area contributed by atoms with E-state index in [0.717, 1.165) is 5.56 Å². The maximum absolute atomic E-state index is 12.0. The Kier molecular flexibility index (Phi) is 4.68. The molecule has 1 heterocycles. The zero-order chi connectivity index (χ0) is 14.7. The minimum atomic E-state index is -0.356. The van der Waals surface area contributed by atoms with Crippen molar-refractivity contribution in [3.63, 3.8) is 0 Å². The Morgan fingerprint density at radius 3 is 2.70 bits per heavy atom. The lowest BCUT2D eigenvalue weighted by Gasteiger charge is -2.13. The number of halogens is 2.